The number of amides is 5. The number of thioether (sulfide) groups is 1. The quantitative estimate of drug-likeness (QED) is 0.0125. The van der Waals surface area contributed by atoms with E-state index in [1.54, 1.807) is 47.8 Å². The summed E-state index contributed by atoms with van der Waals surface area (Å²) in [5.74, 6) is -6.05. The van der Waals surface area contributed by atoms with Gasteiger partial charge in [-0.25, -0.2) is 35.6 Å². The van der Waals surface area contributed by atoms with E-state index in [9.17, 15) is 60.6 Å². The first-order valence-corrected chi connectivity index (χ1v) is 34.3. The van der Waals surface area contributed by atoms with E-state index < -0.39 is 82.4 Å². The number of morpholine rings is 2. The van der Waals surface area contributed by atoms with Crippen molar-refractivity contribution in [3.05, 3.63) is 155 Å². The first kappa shape index (κ1) is 71.4. The van der Waals surface area contributed by atoms with Gasteiger partial charge in [0.15, 0.2) is 37.9 Å². The number of sulfonamides is 2. The summed E-state index contributed by atoms with van der Waals surface area (Å²) in [7, 11) is -9.07. The van der Waals surface area contributed by atoms with Crippen molar-refractivity contribution in [2.24, 2.45) is 0 Å². The summed E-state index contributed by atoms with van der Waals surface area (Å²) >= 11 is 1.63. The van der Waals surface area contributed by atoms with Gasteiger partial charge in [-0.1, -0.05) is 12.1 Å². The SMILES string of the molecule is Cc1ccc(S(=O)(=O)Nc2ccc(NNC(=O)C(=O)NCCCN3CCOCC3)cc2)c(C(=O)O)c1NOCc1ccc[n+](CCSCC[n+]2cccc(C(=O)Nc3c(C)ccc(S(=O)(=O)Nc4ccc(NNC(=O)C(=O)NCCCN5CCOCC5)cc4)c3C(=O)O)c2)c1. The fourth-order valence-corrected chi connectivity index (χ4v) is 13.2. The van der Waals surface area contributed by atoms with Crippen molar-refractivity contribution in [1.29, 1.82) is 0 Å². The van der Waals surface area contributed by atoms with Crippen LogP contribution in [0.4, 0.5) is 34.1 Å². The van der Waals surface area contributed by atoms with Gasteiger partial charge in [0.2, 0.25) is 0 Å². The highest BCUT2D eigenvalue weighted by atomic mass is 32.2. The number of nitrogens with one attached hydrogen (secondary N) is 10. The molecular weight excluding hydrogens is 1290 g/mol. The van der Waals surface area contributed by atoms with Gasteiger partial charge in [-0.05, 0) is 124 Å². The predicted molar refractivity (Wildman–Crippen MR) is 351 cm³/mol. The summed E-state index contributed by atoms with van der Waals surface area (Å²) in [4.78, 5) is 97.6. The number of rotatable bonds is 32. The maximum Gasteiger partial charge on any atom is 0.339 e. The zero-order valence-electron chi connectivity index (χ0n) is 52.1. The van der Waals surface area contributed by atoms with Crippen LogP contribution in [-0.2, 0) is 73.2 Å². The number of carboxylic acids is 2. The van der Waals surface area contributed by atoms with Gasteiger partial charge in [-0.3, -0.25) is 75.2 Å². The average Bonchev–Trinajstić information content (AvgIpc) is 0.785. The number of nitrogens with zero attached hydrogens (tertiary/aromatic N) is 4. The molecule has 2 aliphatic rings. The van der Waals surface area contributed by atoms with Crippen LogP contribution in [0.5, 0.6) is 0 Å². The highest BCUT2D eigenvalue weighted by Gasteiger charge is 2.30. The molecule has 2 aromatic heterocycles. The van der Waals surface area contributed by atoms with Gasteiger partial charge in [-0.15, -0.1) is 11.8 Å². The summed E-state index contributed by atoms with van der Waals surface area (Å²) in [6, 6.07) is 23.2. The number of carboxylic acid groups (broad SMARTS) is 2. The minimum absolute atomic E-state index is 0.0387. The van der Waals surface area contributed by atoms with Crippen molar-refractivity contribution < 1.29 is 84.1 Å². The molecule has 0 saturated carbocycles. The van der Waals surface area contributed by atoms with Crippen molar-refractivity contribution in [2.75, 3.05) is 121 Å². The maximum absolute atomic E-state index is 13.8. The Hall–Kier alpha value is -9.48. The molecule has 0 atom stereocenters. The summed E-state index contributed by atoms with van der Waals surface area (Å²) in [6.45, 7) is 12.1. The van der Waals surface area contributed by atoms with Crippen molar-refractivity contribution in [2.45, 2.75) is 56.2 Å². The van der Waals surface area contributed by atoms with Gasteiger partial charge < -0.3 is 35.6 Å². The number of hydrogen-bond acceptors (Lipinski definition) is 20. The number of hydrazine groups is 2. The normalized spacial score (nSPS) is 13.5. The Balaban J connectivity index is 0.769. The highest BCUT2D eigenvalue weighted by Crippen LogP contribution is 2.32. The average molecular weight is 1370 g/mol. The topological polar surface area (TPSA) is 390 Å². The fraction of sp³-hybridized carbons (Fsp3) is 0.339. The molecule has 4 heterocycles. The number of benzene rings is 4. The Morgan fingerprint density at radius 2 is 1.00 bits per heavy atom. The summed E-state index contributed by atoms with van der Waals surface area (Å²) in [5.41, 5.74) is 13.2. The third kappa shape index (κ3) is 21.3. The zero-order valence-corrected chi connectivity index (χ0v) is 54.6. The monoisotopic (exact) mass is 1370 g/mol. The van der Waals surface area contributed by atoms with Crippen molar-refractivity contribution in [3.8, 4) is 0 Å². The molecule has 5 amide bonds. The minimum Gasteiger partial charge on any atom is -0.478 e. The lowest BCUT2D eigenvalue weighted by molar-refractivity contribution is -0.693. The van der Waals surface area contributed by atoms with E-state index in [1.807, 2.05) is 23.0 Å². The second kappa shape index (κ2) is 34.6. The van der Waals surface area contributed by atoms with E-state index in [0.29, 0.717) is 99.5 Å². The number of hydrogen-bond donors (Lipinski definition) is 12. The van der Waals surface area contributed by atoms with Crippen LogP contribution in [0, 0.1) is 13.8 Å². The molecular formula is C62H76N14O16S3+2. The molecule has 0 unspecified atom stereocenters. The molecule has 4 aromatic carbocycles. The number of pyridine rings is 2. The molecule has 12 N–H and O–H groups in total. The molecule has 33 heteroatoms. The van der Waals surface area contributed by atoms with Gasteiger partial charge in [0, 0.05) is 68.3 Å². The largest absolute Gasteiger partial charge is 0.478 e. The lowest BCUT2D eigenvalue weighted by Gasteiger charge is -2.26. The molecule has 2 aliphatic heterocycles. The lowest BCUT2D eigenvalue weighted by Crippen LogP contribution is -2.43. The number of aromatic carboxylic acids is 2. The number of ether oxygens (including phenoxy) is 2. The van der Waals surface area contributed by atoms with Gasteiger partial charge in [0.1, 0.15) is 33.1 Å². The highest BCUT2D eigenvalue weighted by molar-refractivity contribution is 7.99. The Labute approximate surface area is 552 Å². The maximum atomic E-state index is 13.8. The van der Waals surface area contributed by atoms with Crippen molar-refractivity contribution in [3.63, 3.8) is 0 Å². The summed E-state index contributed by atoms with van der Waals surface area (Å²) < 4.78 is 74.2. The third-order valence-corrected chi connectivity index (χ3v) is 18.6. The van der Waals surface area contributed by atoms with E-state index in [0.717, 1.165) is 45.3 Å². The molecule has 0 aliphatic carbocycles. The minimum atomic E-state index is -4.58. The van der Waals surface area contributed by atoms with Gasteiger partial charge in [0.05, 0.1) is 60.7 Å². The molecule has 6 aromatic rings. The predicted octanol–water partition coefficient (Wildman–Crippen LogP) is 2.67. The molecule has 0 spiro atoms. The van der Waals surface area contributed by atoms with E-state index in [-0.39, 0.29) is 40.5 Å². The van der Waals surface area contributed by atoms with Gasteiger partial charge >= 0.3 is 35.6 Å². The number of aromatic nitrogens is 2. The smallest absolute Gasteiger partial charge is 0.339 e. The van der Waals surface area contributed by atoms with Gasteiger partial charge in [-0.2, -0.15) is 0 Å². The molecule has 2 saturated heterocycles. The van der Waals surface area contributed by atoms with Crippen LogP contribution < -0.4 is 61.7 Å². The molecule has 30 nitrogen and oxygen atoms in total. The zero-order chi connectivity index (χ0) is 67.9. The molecule has 2 fully saturated rings. The number of anilines is 6. The molecule has 506 valence electrons. The van der Waals surface area contributed by atoms with Crippen LogP contribution in [0.1, 0.15) is 60.6 Å². The van der Waals surface area contributed by atoms with E-state index in [1.165, 1.54) is 79.7 Å². The molecule has 8 rings (SSSR count). The van der Waals surface area contributed by atoms with Crippen LogP contribution in [0.3, 0.4) is 0 Å². The lowest BCUT2D eigenvalue weighted by atomic mass is 10.1. The third-order valence-electron chi connectivity index (χ3n) is 14.8. The summed E-state index contributed by atoms with van der Waals surface area (Å²) in [6.07, 6.45) is 8.38. The molecule has 0 radical (unpaired) electrons. The van der Waals surface area contributed by atoms with Crippen LogP contribution in [0.15, 0.2) is 132 Å². The fourth-order valence-electron chi connectivity index (χ4n) is 9.81. The first-order valence-electron chi connectivity index (χ1n) is 30.2. The Bertz CT molecular complexity index is 3950. The van der Waals surface area contributed by atoms with E-state index >= 15 is 0 Å². The van der Waals surface area contributed by atoms with Crippen molar-refractivity contribution in [1.82, 2.24) is 31.3 Å². The van der Waals surface area contributed by atoms with Crippen LogP contribution in [0.2, 0.25) is 0 Å². The Morgan fingerprint density at radius 3 is 1.48 bits per heavy atom. The van der Waals surface area contributed by atoms with E-state index in [2.05, 4.69) is 62.4 Å². The van der Waals surface area contributed by atoms with Gasteiger partial charge in [0.25, 0.3) is 26.0 Å². The summed E-state index contributed by atoms with van der Waals surface area (Å²) in [5, 5.41) is 28.5. The Kier molecular flexibility index (Phi) is 26.0. The number of carbonyl (C=O) groups excluding carboxylic acids is 5. The van der Waals surface area contributed by atoms with Crippen LogP contribution in [-0.4, -0.2) is 169 Å². The van der Waals surface area contributed by atoms with Crippen molar-refractivity contribution >= 4 is 107 Å². The number of carbonyl (C=O) groups is 7. The van der Waals surface area contributed by atoms with Crippen LogP contribution in [0.25, 0.3) is 0 Å². The second-order valence-corrected chi connectivity index (χ2v) is 26.3. The van der Waals surface area contributed by atoms with E-state index in [4.69, 9.17) is 14.3 Å². The first-order chi connectivity index (χ1) is 45.6. The number of aryl methyl sites for hydroxylation is 4. The van der Waals surface area contributed by atoms with Crippen LogP contribution >= 0.6 is 11.8 Å². The second-order valence-electron chi connectivity index (χ2n) is 21.8. The Morgan fingerprint density at radius 1 is 0.558 bits per heavy atom. The molecule has 95 heavy (non-hydrogen) atoms. The standard InChI is InChI=1S/C62H74N14O16S3/c1-42-9-19-50(94(86,87)71-48-15-11-46(12-16-48)66-68-59(80)57(78)63-21-5-25-73-27-33-90-34-28-73)52(61(82)83)54(42)65-56(77)45-8-4-24-76(40-45)32-38-93-37-31-75-23-3-7-44(39-75)41-92-70-55-43(2)10-20-51(53(55)62(84)85)95(88,89)72-49-17-13-47(14-18-49)67-69-60(81)58(79)64-22-6-26-74-29-35-91-36-30-74/h3-4,7-20,23-24,39-40,70H,5-6,21-22,25-38,41H2,1-2H3,(H9-2,63,64,65,66,67,68,69,71,72,77,78,79,80,81,82,83,84,85)/p+2. The molecule has 0 bridgehead atoms.